The fourth-order valence-corrected chi connectivity index (χ4v) is 2.61. The van der Waals surface area contributed by atoms with Crippen LogP contribution < -0.4 is 4.90 Å². The predicted octanol–water partition coefficient (Wildman–Crippen LogP) is 3.03. The minimum Gasteiger partial charge on any atom is -0.378 e. The van der Waals surface area contributed by atoms with Crippen molar-refractivity contribution in [2.45, 2.75) is 4.33 Å². The Morgan fingerprint density at radius 2 is 1.53 bits per heavy atom. The van der Waals surface area contributed by atoms with Crippen LogP contribution in [0.25, 0.3) is 5.57 Å². The number of anilines is 1. The van der Waals surface area contributed by atoms with E-state index >= 15 is 0 Å². The molecule has 0 atom stereocenters. The molecule has 0 bridgehead atoms. The Labute approximate surface area is 125 Å². The molecule has 0 N–H and O–H groups in total. The molecule has 19 heavy (non-hydrogen) atoms. The van der Waals surface area contributed by atoms with Gasteiger partial charge in [0.2, 0.25) is 15.9 Å². The van der Waals surface area contributed by atoms with Gasteiger partial charge in [-0.1, -0.05) is 46.9 Å². The summed E-state index contributed by atoms with van der Waals surface area (Å²) in [6.45, 7) is 0. The maximum atomic E-state index is 12.0. The summed E-state index contributed by atoms with van der Waals surface area (Å²) in [5, 5.41) is -0.215. The van der Waals surface area contributed by atoms with Crippen LogP contribution in [0, 0.1) is 0 Å². The Morgan fingerprint density at radius 1 is 1.00 bits per heavy atom. The van der Waals surface area contributed by atoms with Crippen LogP contribution in [-0.4, -0.2) is 30.0 Å². The summed E-state index contributed by atoms with van der Waals surface area (Å²) in [7, 11) is 3.79. The molecule has 3 nitrogen and oxygen atoms in total. The Morgan fingerprint density at radius 3 is 1.89 bits per heavy atom. The number of allylic oxidation sites excluding steroid dienone is 2. The highest BCUT2D eigenvalue weighted by Gasteiger charge is 2.52. The molecule has 1 aliphatic carbocycles. The molecular weight excluding hydrogens is 309 g/mol. The van der Waals surface area contributed by atoms with Crippen molar-refractivity contribution < 1.29 is 9.59 Å². The number of benzene rings is 1. The third-order valence-electron chi connectivity index (χ3n) is 2.89. The van der Waals surface area contributed by atoms with E-state index in [0.717, 1.165) is 5.69 Å². The molecule has 0 aliphatic heterocycles. The molecule has 0 fully saturated rings. The number of rotatable bonds is 2. The monoisotopic (exact) mass is 317 g/mol. The molecule has 0 saturated heterocycles. The van der Waals surface area contributed by atoms with Crippen molar-refractivity contribution in [3.05, 3.63) is 34.9 Å². The average molecular weight is 319 g/mol. The molecule has 0 unspecified atom stereocenters. The van der Waals surface area contributed by atoms with Crippen molar-refractivity contribution in [3.8, 4) is 0 Å². The highest BCUT2D eigenvalue weighted by Crippen LogP contribution is 2.43. The highest BCUT2D eigenvalue weighted by atomic mass is 35.5. The van der Waals surface area contributed by atoms with Crippen LogP contribution in [0.3, 0.4) is 0 Å². The molecule has 2 rings (SSSR count). The summed E-state index contributed by atoms with van der Waals surface area (Å²) in [4.78, 5) is 25.7. The van der Waals surface area contributed by atoms with E-state index in [4.69, 9.17) is 34.8 Å². The number of alkyl halides is 2. The van der Waals surface area contributed by atoms with Crippen LogP contribution in [0.4, 0.5) is 5.69 Å². The molecular formula is C13H10Cl3NO2. The number of halogens is 3. The minimum absolute atomic E-state index is 0.0713. The van der Waals surface area contributed by atoms with Crippen LogP contribution in [0.1, 0.15) is 5.56 Å². The number of carbonyl (C=O) groups excluding carboxylic acids is 2. The van der Waals surface area contributed by atoms with Gasteiger partial charge in [0.15, 0.2) is 0 Å². The summed E-state index contributed by atoms with van der Waals surface area (Å²) in [5.74, 6) is -1.45. The number of hydrogen-bond acceptors (Lipinski definition) is 3. The van der Waals surface area contributed by atoms with Gasteiger partial charge in [0, 0.05) is 19.8 Å². The van der Waals surface area contributed by atoms with Gasteiger partial charge >= 0.3 is 0 Å². The first-order valence-corrected chi connectivity index (χ1v) is 6.55. The third-order valence-corrected chi connectivity index (χ3v) is 3.94. The summed E-state index contributed by atoms with van der Waals surface area (Å²) in [6.07, 6.45) is 0. The molecule has 1 aromatic rings. The van der Waals surface area contributed by atoms with Crippen molar-refractivity contribution in [1.29, 1.82) is 0 Å². The second kappa shape index (κ2) is 4.82. The lowest BCUT2D eigenvalue weighted by molar-refractivity contribution is -0.121. The largest absolute Gasteiger partial charge is 0.378 e. The van der Waals surface area contributed by atoms with Crippen LogP contribution in [0.2, 0.25) is 0 Å². The summed E-state index contributed by atoms with van der Waals surface area (Å²) >= 11 is 17.3. The van der Waals surface area contributed by atoms with Crippen molar-refractivity contribution >= 4 is 57.6 Å². The Balaban J connectivity index is 2.48. The SMILES string of the molecule is CN(C)c1ccc(C2=C(Cl)C(=O)C(Cl)(Cl)C2=O)cc1. The van der Waals surface area contributed by atoms with Crippen LogP contribution in [0.15, 0.2) is 29.3 Å². The smallest absolute Gasteiger partial charge is 0.243 e. The van der Waals surface area contributed by atoms with E-state index in [9.17, 15) is 9.59 Å². The first kappa shape index (κ1) is 14.4. The normalized spacial score (nSPS) is 18.2. The van der Waals surface area contributed by atoms with Gasteiger partial charge in [0.25, 0.3) is 0 Å². The van der Waals surface area contributed by atoms with Crippen LogP contribution in [-0.2, 0) is 9.59 Å². The van der Waals surface area contributed by atoms with Crippen molar-refractivity contribution in [2.24, 2.45) is 0 Å². The van der Waals surface area contributed by atoms with Gasteiger partial charge in [-0.05, 0) is 17.7 Å². The van der Waals surface area contributed by atoms with Gasteiger partial charge in [0.1, 0.15) is 0 Å². The zero-order chi connectivity index (χ0) is 14.4. The second-order valence-corrected chi connectivity index (χ2v) is 6.07. The predicted molar refractivity (Wildman–Crippen MR) is 78.0 cm³/mol. The first-order chi connectivity index (χ1) is 8.76. The fourth-order valence-electron chi connectivity index (χ4n) is 1.80. The molecule has 0 saturated carbocycles. The zero-order valence-corrected chi connectivity index (χ0v) is 12.5. The molecule has 6 heteroatoms. The Hall–Kier alpha value is -1.03. The van der Waals surface area contributed by atoms with Gasteiger partial charge in [-0.3, -0.25) is 9.59 Å². The maximum Gasteiger partial charge on any atom is 0.243 e. The molecule has 0 heterocycles. The topological polar surface area (TPSA) is 37.4 Å². The van der Waals surface area contributed by atoms with Crippen LogP contribution in [0.5, 0.6) is 0 Å². The van der Waals surface area contributed by atoms with E-state index in [-0.39, 0.29) is 10.6 Å². The molecule has 0 radical (unpaired) electrons. The molecule has 100 valence electrons. The second-order valence-electron chi connectivity index (χ2n) is 4.36. The maximum absolute atomic E-state index is 12.0. The van der Waals surface area contributed by atoms with E-state index in [1.807, 2.05) is 31.1 Å². The highest BCUT2D eigenvalue weighted by molar-refractivity contribution is 6.80. The molecule has 0 spiro atoms. The van der Waals surface area contributed by atoms with E-state index in [0.29, 0.717) is 5.56 Å². The van der Waals surface area contributed by atoms with Gasteiger partial charge in [-0.25, -0.2) is 0 Å². The number of carbonyl (C=O) groups is 2. The van der Waals surface area contributed by atoms with Gasteiger partial charge in [-0.15, -0.1) is 0 Å². The molecule has 1 aromatic carbocycles. The summed E-state index contributed by atoms with van der Waals surface area (Å²) in [6, 6.07) is 7.03. The number of ketones is 2. The average Bonchev–Trinajstić information content (AvgIpc) is 2.51. The lowest BCUT2D eigenvalue weighted by Crippen LogP contribution is -2.29. The third kappa shape index (κ3) is 2.27. The summed E-state index contributed by atoms with van der Waals surface area (Å²) in [5.41, 5.74) is 1.55. The number of nitrogens with zero attached hydrogens (tertiary/aromatic N) is 1. The minimum atomic E-state index is -2.10. The van der Waals surface area contributed by atoms with Gasteiger partial charge < -0.3 is 4.90 Å². The van der Waals surface area contributed by atoms with E-state index in [1.54, 1.807) is 12.1 Å². The molecule has 0 aromatic heterocycles. The summed E-state index contributed by atoms with van der Waals surface area (Å²) < 4.78 is -2.10. The molecule has 1 aliphatic rings. The van der Waals surface area contributed by atoms with Crippen LogP contribution >= 0.6 is 34.8 Å². The molecule has 0 amide bonds. The zero-order valence-electron chi connectivity index (χ0n) is 10.2. The lowest BCUT2D eigenvalue weighted by Gasteiger charge is -2.13. The Bertz CT molecular complexity index is 588. The quantitative estimate of drug-likeness (QED) is 0.621. The standard InChI is InChI=1S/C13H10Cl3NO2/c1-17(2)8-5-3-7(4-6-8)9-10(14)12(19)13(15,16)11(9)18/h3-6H,1-2H3. The van der Waals surface area contributed by atoms with E-state index in [2.05, 4.69) is 0 Å². The van der Waals surface area contributed by atoms with Gasteiger partial charge in [0.05, 0.1) is 10.6 Å². The number of Topliss-reactive ketones (excluding diaryl/α,β-unsaturated/α-hetero) is 2. The van der Waals surface area contributed by atoms with Crippen molar-refractivity contribution in [1.82, 2.24) is 0 Å². The van der Waals surface area contributed by atoms with E-state index < -0.39 is 15.9 Å². The van der Waals surface area contributed by atoms with Gasteiger partial charge in [-0.2, -0.15) is 0 Å². The van der Waals surface area contributed by atoms with E-state index in [1.165, 1.54) is 0 Å². The Kier molecular flexibility index (Phi) is 3.65. The fraction of sp³-hybridized carbons (Fsp3) is 0.231. The van der Waals surface area contributed by atoms with Crippen molar-refractivity contribution in [3.63, 3.8) is 0 Å². The van der Waals surface area contributed by atoms with Crippen molar-refractivity contribution in [2.75, 3.05) is 19.0 Å². The first-order valence-electron chi connectivity index (χ1n) is 5.41. The lowest BCUT2D eigenvalue weighted by atomic mass is 10.0. The number of hydrogen-bond donors (Lipinski definition) is 0.